The number of aromatic nitrogens is 3. The third kappa shape index (κ3) is 2.45. The summed E-state index contributed by atoms with van der Waals surface area (Å²) in [4.78, 5) is 9.28. The van der Waals surface area contributed by atoms with Crippen molar-refractivity contribution in [2.45, 2.75) is 13.3 Å². The molecule has 0 saturated heterocycles. The van der Waals surface area contributed by atoms with E-state index in [9.17, 15) is 0 Å². The Morgan fingerprint density at radius 3 is 2.80 bits per heavy atom. The van der Waals surface area contributed by atoms with Crippen molar-refractivity contribution in [1.29, 1.82) is 0 Å². The van der Waals surface area contributed by atoms with Gasteiger partial charge in [0.25, 0.3) is 0 Å². The number of alkyl halides is 1. The lowest BCUT2D eigenvalue weighted by molar-refractivity contribution is 0.903. The fourth-order valence-electron chi connectivity index (χ4n) is 2.24. The summed E-state index contributed by atoms with van der Waals surface area (Å²) >= 11 is 9.41. The first-order chi connectivity index (χ1) is 9.69. The molecule has 0 atom stereocenters. The highest BCUT2D eigenvalue weighted by molar-refractivity contribution is 9.10. The predicted molar refractivity (Wildman–Crippen MR) is 85.7 cm³/mol. The van der Waals surface area contributed by atoms with Gasteiger partial charge in [0, 0.05) is 28.2 Å². The molecule has 0 aliphatic carbocycles. The Balaban J connectivity index is 2.30. The summed E-state index contributed by atoms with van der Waals surface area (Å²) in [6.45, 7) is 1.99. The molecule has 0 N–H and O–H groups in total. The molecule has 3 nitrogen and oxygen atoms in total. The number of halogens is 2. The zero-order valence-electron chi connectivity index (χ0n) is 11.0. The summed E-state index contributed by atoms with van der Waals surface area (Å²) in [5, 5.41) is 0. The van der Waals surface area contributed by atoms with Crippen LogP contribution < -0.4 is 0 Å². The van der Waals surface area contributed by atoms with Gasteiger partial charge >= 0.3 is 0 Å². The van der Waals surface area contributed by atoms with Crippen molar-refractivity contribution in [3.05, 3.63) is 52.4 Å². The minimum atomic E-state index is 0.538. The van der Waals surface area contributed by atoms with Gasteiger partial charge in [0.15, 0.2) is 5.65 Å². The Morgan fingerprint density at radius 1 is 1.20 bits per heavy atom. The molecule has 0 fully saturated rings. The number of aryl methyl sites for hydroxylation is 2. The van der Waals surface area contributed by atoms with Crippen LogP contribution in [0.25, 0.3) is 16.9 Å². The van der Waals surface area contributed by atoms with Gasteiger partial charge in [-0.2, -0.15) is 0 Å². The first kappa shape index (κ1) is 13.6. The number of nitrogens with zero attached hydrogens (tertiary/aromatic N) is 3. The average molecular weight is 351 g/mol. The third-order valence-corrected chi connectivity index (χ3v) is 3.78. The number of benzene rings is 1. The van der Waals surface area contributed by atoms with Crippen molar-refractivity contribution in [3.63, 3.8) is 0 Å². The van der Waals surface area contributed by atoms with Crippen LogP contribution in [0.15, 0.2) is 40.9 Å². The molecule has 2 aromatic heterocycles. The van der Waals surface area contributed by atoms with Crippen molar-refractivity contribution in [2.75, 3.05) is 5.88 Å². The number of pyridine rings is 1. The van der Waals surface area contributed by atoms with E-state index >= 15 is 0 Å². The molecule has 0 amide bonds. The SMILES string of the molecule is Cc1ccc2nc(CCCl)n(-c3cccc(Br)c3)c2n1. The normalized spacial score (nSPS) is 11.2. The van der Waals surface area contributed by atoms with E-state index in [-0.39, 0.29) is 0 Å². The number of imidazole rings is 1. The van der Waals surface area contributed by atoms with Crippen molar-refractivity contribution >= 4 is 38.7 Å². The zero-order chi connectivity index (χ0) is 14.1. The van der Waals surface area contributed by atoms with Gasteiger partial charge in [0.05, 0.1) is 0 Å². The van der Waals surface area contributed by atoms with Gasteiger partial charge in [0.1, 0.15) is 11.3 Å². The van der Waals surface area contributed by atoms with Crippen molar-refractivity contribution in [2.24, 2.45) is 0 Å². The van der Waals surface area contributed by atoms with Crippen LogP contribution in [0.2, 0.25) is 0 Å². The highest BCUT2D eigenvalue weighted by Crippen LogP contribution is 2.23. The topological polar surface area (TPSA) is 30.7 Å². The molecule has 0 spiro atoms. The summed E-state index contributed by atoms with van der Waals surface area (Å²) in [6.07, 6.45) is 0.712. The monoisotopic (exact) mass is 349 g/mol. The maximum absolute atomic E-state index is 5.90. The van der Waals surface area contributed by atoms with Crippen LogP contribution in [-0.2, 0) is 6.42 Å². The van der Waals surface area contributed by atoms with Crippen LogP contribution in [0.3, 0.4) is 0 Å². The lowest BCUT2D eigenvalue weighted by Gasteiger charge is -2.08. The summed E-state index contributed by atoms with van der Waals surface area (Å²) < 4.78 is 3.11. The molecule has 0 bridgehead atoms. The first-order valence-electron chi connectivity index (χ1n) is 6.36. The van der Waals surface area contributed by atoms with Gasteiger partial charge in [0.2, 0.25) is 0 Å². The van der Waals surface area contributed by atoms with Crippen LogP contribution in [0.5, 0.6) is 0 Å². The second kappa shape index (κ2) is 5.54. The Labute approximate surface area is 130 Å². The van der Waals surface area contributed by atoms with Gasteiger partial charge in [-0.05, 0) is 37.3 Å². The average Bonchev–Trinajstić information content (AvgIpc) is 2.76. The van der Waals surface area contributed by atoms with Gasteiger partial charge in [-0.25, -0.2) is 9.97 Å². The van der Waals surface area contributed by atoms with E-state index in [1.54, 1.807) is 0 Å². The number of hydrogen-bond acceptors (Lipinski definition) is 2. The van der Waals surface area contributed by atoms with Gasteiger partial charge in [-0.15, -0.1) is 11.6 Å². The van der Waals surface area contributed by atoms with E-state index in [0.29, 0.717) is 12.3 Å². The molecule has 0 aliphatic heterocycles. The highest BCUT2D eigenvalue weighted by Gasteiger charge is 2.13. The van der Waals surface area contributed by atoms with Gasteiger partial charge in [-0.1, -0.05) is 22.0 Å². The maximum Gasteiger partial charge on any atom is 0.164 e. The Bertz CT molecular complexity index is 767. The molecule has 2 heterocycles. The molecular weight excluding hydrogens is 338 g/mol. The van der Waals surface area contributed by atoms with E-state index in [1.807, 2.05) is 37.3 Å². The molecule has 20 heavy (non-hydrogen) atoms. The maximum atomic E-state index is 5.90. The minimum Gasteiger partial charge on any atom is -0.281 e. The predicted octanol–water partition coefficient (Wildman–Crippen LogP) is 4.27. The van der Waals surface area contributed by atoms with Crippen molar-refractivity contribution in [3.8, 4) is 5.69 Å². The van der Waals surface area contributed by atoms with Crippen LogP contribution in [0, 0.1) is 6.92 Å². The highest BCUT2D eigenvalue weighted by atomic mass is 79.9. The van der Waals surface area contributed by atoms with E-state index in [2.05, 4.69) is 36.5 Å². The Kier molecular flexibility index (Phi) is 3.76. The number of fused-ring (bicyclic) bond motifs is 1. The molecule has 102 valence electrons. The standard InChI is InChI=1S/C15H13BrClN3/c1-10-5-6-13-15(18-10)20(14(19-13)7-8-17)12-4-2-3-11(16)9-12/h2-6,9H,7-8H2,1H3. The largest absolute Gasteiger partial charge is 0.281 e. The van der Waals surface area contributed by atoms with Crippen LogP contribution in [-0.4, -0.2) is 20.4 Å². The van der Waals surface area contributed by atoms with Crippen molar-refractivity contribution < 1.29 is 0 Å². The third-order valence-electron chi connectivity index (χ3n) is 3.10. The fourth-order valence-corrected chi connectivity index (χ4v) is 2.79. The van der Waals surface area contributed by atoms with E-state index in [4.69, 9.17) is 11.6 Å². The lowest BCUT2D eigenvalue weighted by atomic mass is 10.3. The summed E-state index contributed by atoms with van der Waals surface area (Å²) in [7, 11) is 0. The van der Waals surface area contributed by atoms with Crippen LogP contribution >= 0.6 is 27.5 Å². The van der Waals surface area contributed by atoms with E-state index < -0.39 is 0 Å². The van der Waals surface area contributed by atoms with Crippen LogP contribution in [0.1, 0.15) is 11.5 Å². The van der Waals surface area contributed by atoms with Gasteiger partial charge in [-0.3, -0.25) is 4.57 Å². The van der Waals surface area contributed by atoms with Crippen LogP contribution in [0.4, 0.5) is 0 Å². The number of hydrogen-bond donors (Lipinski definition) is 0. The summed E-state index contributed by atoms with van der Waals surface area (Å²) in [6, 6.07) is 12.1. The molecule has 3 aromatic rings. The smallest absolute Gasteiger partial charge is 0.164 e. The first-order valence-corrected chi connectivity index (χ1v) is 7.68. The second-order valence-corrected chi connectivity index (χ2v) is 5.87. The molecule has 0 aliphatic rings. The molecule has 1 aromatic carbocycles. The molecule has 0 unspecified atom stereocenters. The van der Waals surface area contributed by atoms with Crippen molar-refractivity contribution in [1.82, 2.24) is 14.5 Å². The van der Waals surface area contributed by atoms with Gasteiger partial charge < -0.3 is 0 Å². The molecule has 0 saturated carbocycles. The minimum absolute atomic E-state index is 0.538. The zero-order valence-corrected chi connectivity index (χ0v) is 13.3. The molecule has 5 heteroatoms. The Hall–Kier alpha value is -1.39. The Morgan fingerprint density at radius 2 is 2.05 bits per heavy atom. The molecule has 0 radical (unpaired) electrons. The number of rotatable bonds is 3. The summed E-state index contributed by atoms with van der Waals surface area (Å²) in [5.41, 5.74) is 3.80. The molecule has 3 rings (SSSR count). The summed E-state index contributed by atoms with van der Waals surface area (Å²) in [5.74, 6) is 1.47. The lowest BCUT2D eigenvalue weighted by Crippen LogP contribution is -2.03. The van der Waals surface area contributed by atoms with E-state index in [1.165, 1.54) is 0 Å². The fraction of sp³-hybridized carbons (Fsp3) is 0.200. The quantitative estimate of drug-likeness (QED) is 0.660. The molecular formula is C15H13BrClN3. The van der Waals surface area contributed by atoms with E-state index in [0.717, 1.165) is 32.8 Å². The second-order valence-electron chi connectivity index (χ2n) is 4.58.